The molecule has 0 heterocycles. The second-order valence-corrected chi connectivity index (χ2v) is 2.82. The number of benzene rings is 1. The summed E-state index contributed by atoms with van der Waals surface area (Å²) in [4.78, 5) is 0. The van der Waals surface area contributed by atoms with Crippen LogP contribution in [0.2, 0.25) is 0 Å². The summed E-state index contributed by atoms with van der Waals surface area (Å²) in [5.41, 5.74) is 0. The van der Waals surface area contributed by atoms with Crippen molar-refractivity contribution in [2.75, 3.05) is 20.3 Å². The number of hydrogen-bond acceptors (Lipinski definition) is 4. The minimum absolute atomic E-state index is 0.133. The van der Waals surface area contributed by atoms with Gasteiger partial charge in [0.15, 0.2) is 6.61 Å². The lowest BCUT2D eigenvalue weighted by Crippen LogP contribution is -2.13. The fraction of sp³-hybridized carbons (Fsp3) is 0.364. The van der Waals surface area contributed by atoms with Crippen LogP contribution in [0.25, 0.3) is 0 Å². The molecule has 0 unspecified atom stereocenters. The smallest absolute Gasteiger partial charge is 0.219 e. The Balaban J connectivity index is 2.40. The maximum absolute atomic E-state index is 7.34. The predicted octanol–water partition coefficient (Wildman–Crippen LogP) is 2.09. The molecule has 0 aliphatic rings. The Morgan fingerprint density at radius 3 is 2.33 bits per heavy atom. The van der Waals surface area contributed by atoms with Gasteiger partial charge in [0.2, 0.25) is 5.90 Å². The van der Waals surface area contributed by atoms with Gasteiger partial charge < -0.3 is 14.2 Å². The van der Waals surface area contributed by atoms with Gasteiger partial charge in [0.1, 0.15) is 11.5 Å². The molecule has 1 aromatic carbocycles. The number of nitrogens with one attached hydrogen (secondary N) is 1. The van der Waals surface area contributed by atoms with E-state index in [1.807, 2.05) is 6.92 Å². The maximum Gasteiger partial charge on any atom is 0.219 e. The third kappa shape index (κ3) is 3.89. The predicted molar refractivity (Wildman–Crippen MR) is 57.8 cm³/mol. The number of methoxy groups -OCH3 is 1. The van der Waals surface area contributed by atoms with Gasteiger partial charge in [-0.05, 0) is 31.2 Å². The minimum atomic E-state index is 0.133. The highest BCUT2D eigenvalue weighted by Gasteiger charge is 1.99. The molecule has 0 aliphatic heterocycles. The highest BCUT2D eigenvalue weighted by molar-refractivity contribution is 5.74. The Kier molecular flexibility index (Phi) is 4.47. The van der Waals surface area contributed by atoms with Crippen LogP contribution in [0.15, 0.2) is 24.3 Å². The molecule has 15 heavy (non-hydrogen) atoms. The van der Waals surface area contributed by atoms with Crippen molar-refractivity contribution in [3.8, 4) is 11.5 Å². The maximum atomic E-state index is 7.34. The summed E-state index contributed by atoms with van der Waals surface area (Å²) in [5.74, 6) is 1.61. The van der Waals surface area contributed by atoms with E-state index in [2.05, 4.69) is 0 Å². The molecule has 0 radical (unpaired) electrons. The van der Waals surface area contributed by atoms with Crippen LogP contribution in [0.5, 0.6) is 11.5 Å². The van der Waals surface area contributed by atoms with Crippen LogP contribution in [0.1, 0.15) is 6.92 Å². The summed E-state index contributed by atoms with van der Waals surface area (Å²) in [6, 6.07) is 7.19. The second kappa shape index (κ2) is 5.90. The molecule has 1 rings (SSSR count). The molecule has 0 saturated carbocycles. The first-order valence-electron chi connectivity index (χ1n) is 4.73. The van der Waals surface area contributed by atoms with E-state index in [-0.39, 0.29) is 12.5 Å². The Bertz CT molecular complexity index is 308. The van der Waals surface area contributed by atoms with Gasteiger partial charge in [0.25, 0.3) is 0 Å². The van der Waals surface area contributed by atoms with Crippen LogP contribution < -0.4 is 9.47 Å². The Morgan fingerprint density at radius 2 is 1.80 bits per heavy atom. The normalized spacial score (nSPS) is 9.47. The molecule has 4 nitrogen and oxygen atoms in total. The van der Waals surface area contributed by atoms with Gasteiger partial charge in [0.05, 0.1) is 13.7 Å². The van der Waals surface area contributed by atoms with Crippen molar-refractivity contribution in [3.63, 3.8) is 0 Å². The molecule has 1 N–H and O–H groups in total. The van der Waals surface area contributed by atoms with E-state index in [4.69, 9.17) is 19.6 Å². The van der Waals surface area contributed by atoms with Gasteiger partial charge in [0, 0.05) is 0 Å². The third-order valence-corrected chi connectivity index (χ3v) is 1.75. The fourth-order valence-corrected chi connectivity index (χ4v) is 1.04. The molecular formula is C11H15NO3. The van der Waals surface area contributed by atoms with Crippen molar-refractivity contribution in [3.05, 3.63) is 24.3 Å². The van der Waals surface area contributed by atoms with Crippen LogP contribution in [0.3, 0.4) is 0 Å². The molecule has 0 bridgehead atoms. The lowest BCUT2D eigenvalue weighted by Gasteiger charge is -2.08. The molecule has 0 fully saturated rings. The van der Waals surface area contributed by atoms with E-state index in [0.29, 0.717) is 12.4 Å². The van der Waals surface area contributed by atoms with E-state index in [9.17, 15) is 0 Å². The molecule has 0 aromatic heterocycles. The highest BCUT2D eigenvalue weighted by Crippen LogP contribution is 2.16. The molecule has 4 heteroatoms. The zero-order valence-electron chi connectivity index (χ0n) is 8.95. The first-order valence-corrected chi connectivity index (χ1v) is 4.73. The topological polar surface area (TPSA) is 51.5 Å². The van der Waals surface area contributed by atoms with Crippen molar-refractivity contribution in [1.82, 2.24) is 0 Å². The summed E-state index contributed by atoms with van der Waals surface area (Å²) in [5, 5.41) is 7.34. The quantitative estimate of drug-likeness (QED) is 0.596. The third-order valence-electron chi connectivity index (χ3n) is 1.75. The largest absolute Gasteiger partial charge is 0.497 e. The lowest BCUT2D eigenvalue weighted by atomic mass is 10.3. The second-order valence-electron chi connectivity index (χ2n) is 2.82. The van der Waals surface area contributed by atoms with E-state index >= 15 is 0 Å². The van der Waals surface area contributed by atoms with Gasteiger partial charge >= 0.3 is 0 Å². The van der Waals surface area contributed by atoms with Crippen LogP contribution in [0, 0.1) is 5.41 Å². The van der Waals surface area contributed by atoms with Gasteiger partial charge in [-0.1, -0.05) is 0 Å². The first-order chi connectivity index (χ1) is 7.26. The Labute approximate surface area is 89.3 Å². The molecular weight excluding hydrogens is 194 g/mol. The van der Waals surface area contributed by atoms with E-state index < -0.39 is 0 Å². The minimum Gasteiger partial charge on any atom is -0.497 e. The van der Waals surface area contributed by atoms with Crippen LogP contribution >= 0.6 is 0 Å². The van der Waals surface area contributed by atoms with Gasteiger partial charge in [-0.25, -0.2) is 0 Å². The van der Waals surface area contributed by atoms with Crippen molar-refractivity contribution in [2.24, 2.45) is 0 Å². The molecule has 0 atom stereocenters. The number of rotatable bonds is 5. The van der Waals surface area contributed by atoms with E-state index in [0.717, 1.165) is 5.75 Å². The number of hydrogen-bond donors (Lipinski definition) is 1. The van der Waals surface area contributed by atoms with Crippen LogP contribution in [-0.4, -0.2) is 26.2 Å². The lowest BCUT2D eigenvalue weighted by molar-refractivity contribution is 0.273. The van der Waals surface area contributed by atoms with Gasteiger partial charge in [-0.15, -0.1) is 0 Å². The van der Waals surface area contributed by atoms with Crippen molar-refractivity contribution in [1.29, 1.82) is 5.41 Å². The van der Waals surface area contributed by atoms with Crippen molar-refractivity contribution in [2.45, 2.75) is 6.92 Å². The highest BCUT2D eigenvalue weighted by atomic mass is 16.5. The fourth-order valence-electron chi connectivity index (χ4n) is 1.04. The average Bonchev–Trinajstić information content (AvgIpc) is 2.27. The zero-order valence-corrected chi connectivity index (χ0v) is 8.95. The molecule has 82 valence electrons. The van der Waals surface area contributed by atoms with Gasteiger partial charge in [-0.2, -0.15) is 0 Å². The molecule has 0 amide bonds. The summed E-state index contributed by atoms with van der Waals surface area (Å²) >= 11 is 0. The van der Waals surface area contributed by atoms with Crippen LogP contribution in [0.4, 0.5) is 0 Å². The average molecular weight is 209 g/mol. The van der Waals surface area contributed by atoms with E-state index in [1.54, 1.807) is 31.4 Å². The summed E-state index contributed by atoms with van der Waals surface area (Å²) in [6.45, 7) is 2.48. The first kappa shape index (κ1) is 11.4. The molecule has 0 aliphatic carbocycles. The Morgan fingerprint density at radius 1 is 1.20 bits per heavy atom. The van der Waals surface area contributed by atoms with E-state index in [1.165, 1.54) is 0 Å². The number of ether oxygens (including phenoxy) is 3. The van der Waals surface area contributed by atoms with Crippen molar-refractivity contribution >= 4 is 5.90 Å². The summed E-state index contributed by atoms with van der Waals surface area (Å²) in [7, 11) is 1.61. The Hall–Kier alpha value is -1.71. The molecule has 0 spiro atoms. The summed E-state index contributed by atoms with van der Waals surface area (Å²) < 4.78 is 15.3. The van der Waals surface area contributed by atoms with Crippen molar-refractivity contribution < 1.29 is 14.2 Å². The zero-order chi connectivity index (χ0) is 11.1. The standard InChI is InChI=1S/C11H15NO3/c1-3-14-11(12)8-15-10-6-4-9(13-2)5-7-10/h4-7,12H,3,8H2,1-2H3. The monoisotopic (exact) mass is 209 g/mol. The summed E-state index contributed by atoms with van der Waals surface area (Å²) in [6.07, 6.45) is 0. The van der Waals surface area contributed by atoms with Crippen LogP contribution in [-0.2, 0) is 4.74 Å². The molecule has 0 saturated heterocycles. The SMILES string of the molecule is CCOC(=N)COc1ccc(OC)cc1. The van der Waals surface area contributed by atoms with Gasteiger partial charge in [-0.3, -0.25) is 5.41 Å². The molecule has 1 aromatic rings.